The second-order valence-corrected chi connectivity index (χ2v) is 9.07. The number of hydrogen-bond acceptors (Lipinski definition) is 3. The summed E-state index contributed by atoms with van der Waals surface area (Å²) in [5.41, 5.74) is 1.42. The van der Waals surface area contributed by atoms with Crippen molar-refractivity contribution >= 4 is 9.84 Å². The number of benzene rings is 1. The van der Waals surface area contributed by atoms with Crippen LogP contribution in [0, 0.1) is 5.92 Å². The summed E-state index contributed by atoms with van der Waals surface area (Å²) in [6, 6.07) is 10.6. The Balaban J connectivity index is 1.74. The molecule has 1 aromatic rings. The van der Waals surface area contributed by atoms with E-state index in [0.29, 0.717) is 12.3 Å². The molecule has 0 unspecified atom stereocenters. The van der Waals surface area contributed by atoms with E-state index in [9.17, 15) is 8.42 Å². The van der Waals surface area contributed by atoms with Crippen molar-refractivity contribution in [2.24, 2.45) is 5.92 Å². The van der Waals surface area contributed by atoms with Crippen molar-refractivity contribution in [2.75, 3.05) is 25.4 Å². The lowest BCUT2D eigenvalue weighted by Gasteiger charge is -2.32. The number of likely N-dealkylation sites (tertiary alicyclic amines) is 1. The van der Waals surface area contributed by atoms with Crippen LogP contribution in [0.25, 0.3) is 0 Å². The molecule has 1 fully saturated rings. The zero-order valence-electron chi connectivity index (χ0n) is 13.2. The molecule has 3 nitrogen and oxygen atoms in total. The first kappa shape index (κ1) is 16.5. The van der Waals surface area contributed by atoms with Gasteiger partial charge in [0, 0.05) is 6.54 Å². The zero-order chi connectivity index (χ0) is 15.3. The Hall–Kier alpha value is -0.870. The van der Waals surface area contributed by atoms with E-state index in [0.717, 1.165) is 25.4 Å². The van der Waals surface area contributed by atoms with Gasteiger partial charge in [-0.3, -0.25) is 0 Å². The van der Waals surface area contributed by atoms with Gasteiger partial charge in [-0.25, -0.2) is 8.42 Å². The lowest BCUT2D eigenvalue weighted by molar-refractivity contribution is 0.193. The van der Waals surface area contributed by atoms with Gasteiger partial charge in [0.1, 0.15) is 0 Å². The molecule has 0 amide bonds. The summed E-state index contributed by atoms with van der Waals surface area (Å²) in [5.74, 6) is 1.04. The smallest absolute Gasteiger partial charge is 0.153 e. The highest BCUT2D eigenvalue weighted by molar-refractivity contribution is 7.92. The van der Waals surface area contributed by atoms with Crippen LogP contribution in [-0.4, -0.2) is 44.0 Å². The largest absolute Gasteiger partial charge is 0.302 e. The van der Waals surface area contributed by atoms with E-state index < -0.39 is 9.84 Å². The quantitative estimate of drug-likeness (QED) is 0.811. The Kier molecular flexibility index (Phi) is 5.82. The molecule has 21 heavy (non-hydrogen) atoms. The molecule has 0 atom stereocenters. The Bertz CT molecular complexity index is 517. The summed E-state index contributed by atoms with van der Waals surface area (Å²) < 4.78 is 23.7. The van der Waals surface area contributed by atoms with Crippen molar-refractivity contribution < 1.29 is 8.42 Å². The minimum absolute atomic E-state index is 0.256. The standard InChI is InChI=1S/C17H27NO2S/c1-15(2)21(19,20)13-12-18-10-8-17(9-11-18)14-16-6-4-3-5-7-16/h3-7,15,17H,8-14H2,1-2H3. The van der Waals surface area contributed by atoms with Crippen molar-refractivity contribution in [2.45, 2.75) is 38.4 Å². The summed E-state index contributed by atoms with van der Waals surface area (Å²) in [5, 5.41) is -0.256. The molecule has 0 spiro atoms. The normalized spacial score (nSPS) is 18.2. The summed E-state index contributed by atoms with van der Waals surface area (Å²) in [4.78, 5) is 2.31. The Morgan fingerprint density at radius 2 is 1.76 bits per heavy atom. The molecule has 0 radical (unpaired) electrons. The minimum Gasteiger partial charge on any atom is -0.302 e. The Morgan fingerprint density at radius 1 is 1.14 bits per heavy atom. The van der Waals surface area contributed by atoms with E-state index in [1.54, 1.807) is 13.8 Å². The van der Waals surface area contributed by atoms with Crippen LogP contribution >= 0.6 is 0 Å². The number of hydrogen-bond donors (Lipinski definition) is 0. The highest BCUT2D eigenvalue weighted by atomic mass is 32.2. The average Bonchev–Trinajstić information content (AvgIpc) is 2.47. The van der Waals surface area contributed by atoms with Crippen molar-refractivity contribution in [3.63, 3.8) is 0 Å². The lowest BCUT2D eigenvalue weighted by atomic mass is 9.90. The zero-order valence-corrected chi connectivity index (χ0v) is 14.0. The molecule has 4 heteroatoms. The molecule has 1 aliphatic heterocycles. The second-order valence-electron chi connectivity index (χ2n) is 6.39. The Morgan fingerprint density at radius 3 is 2.33 bits per heavy atom. The van der Waals surface area contributed by atoms with Gasteiger partial charge in [0.15, 0.2) is 9.84 Å². The van der Waals surface area contributed by atoms with E-state index in [1.165, 1.54) is 18.4 Å². The van der Waals surface area contributed by atoms with Gasteiger partial charge in [0.2, 0.25) is 0 Å². The number of rotatable bonds is 6. The Labute approximate surface area is 129 Å². The molecule has 1 aliphatic rings. The molecule has 1 heterocycles. The fourth-order valence-corrected chi connectivity index (χ4v) is 3.84. The molecule has 118 valence electrons. The van der Waals surface area contributed by atoms with Gasteiger partial charge in [-0.15, -0.1) is 0 Å². The maximum Gasteiger partial charge on any atom is 0.153 e. The topological polar surface area (TPSA) is 37.4 Å². The summed E-state index contributed by atoms with van der Waals surface area (Å²) >= 11 is 0. The van der Waals surface area contributed by atoms with Gasteiger partial charge in [-0.1, -0.05) is 30.3 Å². The molecule has 2 rings (SSSR count). The van der Waals surface area contributed by atoms with E-state index in [2.05, 4.69) is 35.2 Å². The number of sulfone groups is 1. The van der Waals surface area contributed by atoms with Crippen molar-refractivity contribution in [1.29, 1.82) is 0 Å². The van der Waals surface area contributed by atoms with Crippen LogP contribution in [0.3, 0.4) is 0 Å². The first-order valence-corrected chi connectivity index (χ1v) is 9.67. The summed E-state index contributed by atoms with van der Waals surface area (Å²) in [7, 11) is -2.90. The second kappa shape index (κ2) is 7.41. The maximum atomic E-state index is 11.9. The average molecular weight is 309 g/mol. The van der Waals surface area contributed by atoms with Crippen molar-refractivity contribution in [3.05, 3.63) is 35.9 Å². The van der Waals surface area contributed by atoms with Crippen LogP contribution in [0.15, 0.2) is 30.3 Å². The maximum absolute atomic E-state index is 11.9. The molecule has 0 saturated carbocycles. The molecule has 0 N–H and O–H groups in total. The predicted octanol–water partition coefficient (Wildman–Crippen LogP) is 2.76. The van der Waals surface area contributed by atoms with Gasteiger partial charge in [0.05, 0.1) is 11.0 Å². The molecule has 0 bridgehead atoms. The van der Waals surface area contributed by atoms with Gasteiger partial charge < -0.3 is 4.90 Å². The van der Waals surface area contributed by atoms with Gasteiger partial charge in [0.25, 0.3) is 0 Å². The van der Waals surface area contributed by atoms with Gasteiger partial charge in [-0.05, 0) is 57.7 Å². The highest BCUT2D eigenvalue weighted by Crippen LogP contribution is 2.21. The summed E-state index contributed by atoms with van der Waals surface area (Å²) in [6.45, 7) is 6.29. The van der Waals surface area contributed by atoms with Crippen LogP contribution < -0.4 is 0 Å². The van der Waals surface area contributed by atoms with Gasteiger partial charge in [-0.2, -0.15) is 0 Å². The highest BCUT2D eigenvalue weighted by Gasteiger charge is 2.22. The minimum atomic E-state index is -2.90. The fourth-order valence-electron chi connectivity index (χ4n) is 2.85. The molecule has 0 aliphatic carbocycles. The first-order chi connectivity index (χ1) is 9.97. The van der Waals surface area contributed by atoms with Gasteiger partial charge >= 0.3 is 0 Å². The van der Waals surface area contributed by atoms with E-state index >= 15 is 0 Å². The lowest BCUT2D eigenvalue weighted by Crippen LogP contribution is -2.38. The number of piperidine rings is 1. The van der Waals surface area contributed by atoms with Crippen LogP contribution in [0.1, 0.15) is 32.3 Å². The van der Waals surface area contributed by atoms with Crippen LogP contribution in [0.4, 0.5) is 0 Å². The number of nitrogens with zero attached hydrogens (tertiary/aromatic N) is 1. The third-order valence-corrected chi connectivity index (χ3v) is 6.67. The van der Waals surface area contributed by atoms with Crippen LogP contribution in [-0.2, 0) is 16.3 Å². The van der Waals surface area contributed by atoms with Crippen LogP contribution in [0.5, 0.6) is 0 Å². The fraction of sp³-hybridized carbons (Fsp3) is 0.647. The molecule has 1 aromatic carbocycles. The van der Waals surface area contributed by atoms with Crippen molar-refractivity contribution in [3.8, 4) is 0 Å². The van der Waals surface area contributed by atoms with E-state index in [1.807, 2.05) is 0 Å². The monoisotopic (exact) mass is 309 g/mol. The summed E-state index contributed by atoms with van der Waals surface area (Å²) in [6.07, 6.45) is 3.51. The predicted molar refractivity (Wildman–Crippen MR) is 88.2 cm³/mol. The SMILES string of the molecule is CC(C)S(=O)(=O)CCN1CCC(Cc2ccccc2)CC1. The van der Waals surface area contributed by atoms with Crippen molar-refractivity contribution in [1.82, 2.24) is 4.90 Å². The third-order valence-electron chi connectivity index (χ3n) is 4.48. The van der Waals surface area contributed by atoms with Crippen LogP contribution in [0.2, 0.25) is 0 Å². The molecular formula is C17H27NO2S. The first-order valence-electron chi connectivity index (χ1n) is 7.95. The molecular weight excluding hydrogens is 282 g/mol. The van der Waals surface area contributed by atoms with E-state index in [4.69, 9.17) is 0 Å². The molecule has 1 saturated heterocycles. The van der Waals surface area contributed by atoms with E-state index in [-0.39, 0.29) is 5.25 Å². The third kappa shape index (κ3) is 5.11. The molecule has 0 aromatic heterocycles.